The van der Waals surface area contributed by atoms with Crippen LogP contribution in [0.25, 0.3) is 0 Å². The van der Waals surface area contributed by atoms with Gasteiger partial charge in [0.25, 0.3) is 0 Å². The predicted molar refractivity (Wildman–Crippen MR) is 90.1 cm³/mol. The number of benzene rings is 1. The quantitative estimate of drug-likeness (QED) is 0.833. The lowest BCUT2D eigenvalue weighted by Crippen LogP contribution is -2.25. The number of rotatable bonds is 7. The molecule has 1 unspecified atom stereocenters. The summed E-state index contributed by atoms with van der Waals surface area (Å²) in [5, 5.41) is 7.61. The molecule has 0 aliphatic rings. The van der Waals surface area contributed by atoms with Crippen molar-refractivity contribution in [1.29, 1.82) is 0 Å². The number of nitrogens with zero attached hydrogens (tertiary/aromatic N) is 3. The summed E-state index contributed by atoms with van der Waals surface area (Å²) in [6.07, 6.45) is 5.08. The Morgan fingerprint density at radius 3 is 2.62 bits per heavy atom. The minimum atomic E-state index is 0.384. The van der Waals surface area contributed by atoms with E-state index >= 15 is 0 Å². The van der Waals surface area contributed by atoms with E-state index in [1.54, 1.807) is 0 Å². The number of aryl methyl sites for hydroxylation is 1. The van der Waals surface area contributed by atoms with E-state index in [1.807, 2.05) is 25.0 Å². The van der Waals surface area contributed by atoms with Gasteiger partial charge in [0.1, 0.15) is 0 Å². The summed E-state index contributed by atoms with van der Waals surface area (Å²) >= 11 is 3.48. The molecule has 1 atom stereocenters. The maximum absolute atomic E-state index is 4.21. The lowest BCUT2D eigenvalue weighted by atomic mass is 10.0. The minimum absolute atomic E-state index is 0.384. The van der Waals surface area contributed by atoms with Crippen LogP contribution in [-0.4, -0.2) is 35.3 Å². The van der Waals surface area contributed by atoms with Gasteiger partial charge < -0.3 is 10.2 Å². The molecule has 2 aromatic rings. The second kappa shape index (κ2) is 7.73. The van der Waals surface area contributed by atoms with E-state index in [-0.39, 0.29) is 0 Å². The van der Waals surface area contributed by atoms with Crippen molar-refractivity contribution in [3.63, 3.8) is 0 Å². The standard InChI is InChI=1S/C16H23BrN4/c1-18-16(14-4-6-15(17)7-5-14)8-9-20(2)11-13-10-19-21(3)12-13/h4-7,10,12,16,18H,8-9,11H2,1-3H3. The van der Waals surface area contributed by atoms with Crippen molar-refractivity contribution < 1.29 is 0 Å². The van der Waals surface area contributed by atoms with Crippen LogP contribution in [0.2, 0.25) is 0 Å². The molecule has 0 bridgehead atoms. The number of hydrogen-bond donors (Lipinski definition) is 1. The summed E-state index contributed by atoms with van der Waals surface area (Å²) < 4.78 is 2.97. The Kier molecular flexibility index (Phi) is 5.96. The monoisotopic (exact) mass is 350 g/mol. The molecule has 5 heteroatoms. The Morgan fingerprint density at radius 1 is 1.33 bits per heavy atom. The van der Waals surface area contributed by atoms with Crippen LogP contribution >= 0.6 is 15.9 Å². The van der Waals surface area contributed by atoms with Gasteiger partial charge in [-0.15, -0.1) is 0 Å². The molecule has 21 heavy (non-hydrogen) atoms. The van der Waals surface area contributed by atoms with Crippen molar-refractivity contribution in [3.8, 4) is 0 Å². The molecule has 0 saturated heterocycles. The zero-order valence-corrected chi connectivity index (χ0v) is 14.5. The van der Waals surface area contributed by atoms with Crippen molar-refractivity contribution >= 4 is 15.9 Å². The fourth-order valence-electron chi connectivity index (χ4n) is 2.47. The second-order valence-corrected chi connectivity index (χ2v) is 6.36. The molecule has 114 valence electrons. The van der Waals surface area contributed by atoms with Gasteiger partial charge in [0.05, 0.1) is 6.20 Å². The zero-order valence-electron chi connectivity index (χ0n) is 12.9. The first-order chi connectivity index (χ1) is 10.1. The van der Waals surface area contributed by atoms with Gasteiger partial charge in [0.15, 0.2) is 0 Å². The molecule has 1 aromatic carbocycles. The number of halogens is 1. The van der Waals surface area contributed by atoms with Crippen LogP contribution in [0.1, 0.15) is 23.6 Å². The van der Waals surface area contributed by atoms with Gasteiger partial charge in [-0.3, -0.25) is 4.68 Å². The molecule has 0 fully saturated rings. The SMILES string of the molecule is CNC(CCN(C)Cc1cnn(C)c1)c1ccc(Br)cc1. The molecular weight excluding hydrogens is 328 g/mol. The molecule has 1 aromatic heterocycles. The Bertz CT molecular complexity index is 550. The van der Waals surface area contributed by atoms with E-state index in [0.717, 1.165) is 24.0 Å². The summed E-state index contributed by atoms with van der Waals surface area (Å²) in [6, 6.07) is 8.92. The van der Waals surface area contributed by atoms with E-state index < -0.39 is 0 Å². The van der Waals surface area contributed by atoms with Crippen LogP contribution < -0.4 is 5.32 Å². The highest BCUT2D eigenvalue weighted by Gasteiger charge is 2.11. The predicted octanol–water partition coefficient (Wildman–Crippen LogP) is 2.97. The summed E-state index contributed by atoms with van der Waals surface area (Å²) in [5.74, 6) is 0. The summed E-state index contributed by atoms with van der Waals surface area (Å²) in [6.45, 7) is 1.97. The molecule has 1 heterocycles. The number of nitrogens with one attached hydrogen (secondary N) is 1. The van der Waals surface area contributed by atoms with Gasteiger partial charge in [-0.1, -0.05) is 28.1 Å². The molecule has 4 nitrogen and oxygen atoms in total. The lowest BCUT2D eigenvalue weighted by molar-refractivity contribution is 0.304. The molecular formula is C16H23BrN4. The molecule has 0 radical (unpaired) electrons. The lowest BCUT2D eigenvalue weighted by Gasteiger charge is -2.21. The van der Waals surface area contributed by atoms with Gasteiger partial charge in [-0.25, -0.2) is 0 Å². The molecule has 1 N–H and O–H groups in total. The molecule has 2 rings (SSSR count). The normalized spacial score (nSPS) is 12.8. The third-order valence-electron chi connectivity index (χ3n) is 3.63. The van der Waals surface area contributed by atoms with Crippen LogP contribution in [-0.2, 0) is 13.6 Å². The van der Waals surface area contributed by atoms with Crippen molar-refractivity contribution in [1.82, 2.24) is 20.0 Å². The summed E-state index contributed by atoms with van der Waals surface area (Å²) in [4.78, 5) is 2.33. The fraction of sp³-hybridized carbons (Fsp3) is 0.438. The molecule has 0 saturated carbocycles. The Balaban J connectivity index is 1.86. The van der Waals surface area contributed by atoms with Gasteiger partial charge in [-0.2, -0.15) is 5.10 Å². The van der Waals surface area contributed by atoms with E-state index in [2.05, 4.69) is 68.8 Å². The highest BCUT2D eigenvalue weighted by Crippen LogP contribution is 2.19. The van der Waals surface area contributed by atoms with Crippen LogP contribution in [0.3, 0.4) is 0 Å². The fourth-order valence-corrected chi connectivity index (χ4v) is 2.73. The molecule has 0 amide bonds. The third kappa shape index (κ3) is 4.95. The third-order valence-corrected chi connectivity index (χ3v) is 4.16. The molecule has 0 aliphatic heterocycles. The average molecular weight is 351 g/mol. The van der Waals surface area contributed by atoms with Gasteiger partial charge in [0.2, 0.25) is 0 Å². The van der Waals surface area contributed by atoms with Gasteiger partial charge in [0, 0.05) is 35.9 Å². The highest BCUT2D eigenvalue weighted by molar-refractivity contribution is 9.10. The van der Waals surface area contributed by atoms with Crippen molar-refractivity contribution in [3.05, 3.63) is 52.3 Å². The number of aromatic nitrogens is 2. The maximum atomic E-state index is 4.21. The molecule has 0 spiro atoms. The molecule has 0 aliphatic carbocycles. The Morgan fingerprint density at radius 2 is 2.05 bits per heavy atom. The maximum Gasteiger partial charge on any atom is 0.0534 e. The minimum Gasteiger partial charge on any atom is -0.313 e. The van der Waals surface area contributed by atoms with Crippen molar-refractivity contribution in [2.45, 2.75) is 19.0 Å². The van der Waals surface area contributed by atoms with Crippen molar-refractivity contribution in [2.75, 3.05) is 20.6 Å². The van der Waals surface area contributed by atoms with Crippen LogP contribution in [0.5, 0.6) is 0 Å². The van der Waals surface area contributed by atoms with E-state index in [1.165, 1.54) is 11.1 Å². The Labute approximate surface area is 135 Å². The largest absolute Gasteiger partial charge is 0.313 e. The van der Waals surface area contributed by atoms with Crippen molar-refractivity contribution in [2.24, 2.45) is 7.05 Å². The zero-order chi connectivity index (χ0) is 15.2. The van der Waals surface area contributed by atoms with E-state index in [4.69, 9.17) is 0 Å². The first-order valence-electron chi connectivity index (χ1n) is 7.17. The van der Waals surface area contributed by atoms with Crippen LogP contribution in [0.15, 0.2) is 41.1 Å². The topological polar surface area (TPSA) is 33.1 Å². The second-order valence-electron chi connectivity index (χ2n) is 5.44. The van der Waals surface area contributed by atoms with E-state index in [9.17, 15) is 0 Å². The van der Waals surface area contributed by atoms with E-state index in [0.29, 0.717) is 6.04 Å². The summed E-state index contributed by atoms with van der Waals surface area (Å²) in [5.41, 5.74) is 2.58. The smallest absolute Gasteiger partial charge is 0.0534 e. The van der Waals surface area contributed by atoms with Gasteiger partial charge in [-0.05, 0) is 44.8 Å². The Hall–Kier alpha value is -1.17. The highest BCUT2D eigenvalue weighted by atomic mass is 79.9. The van der Waals surface area contributed by atoms with Crippen LogP contribution in [0, 0.1) is 0 Å². The average Bonchev–Trinajstić information content (AvgIpc) is 2.86. The first kappa shape index (κ1) is 16.2. The first-order valence-corrected chi connectivity index (χ1v) is 7.96. The van der Waals surface area contributed by atoms with Gasteiger partial charge >= 0.3 is 0 Å². The van der Waals surface area contributed by atoms with Crippen LogP contribution in [0.4, 0.5) is 0 Å². The number of hydrogen-bond acceptors (Lipinski definition) is 3. The summed E-state index contributed by atoms with van der Waals surface area (Å²) in [7, 11) is 6.13.